The van der Waals surface area contributed by atoms with Crippen molar-refractivity contribution in [2.24, 2.45) is 0 Å². The number of rotatable bonds is 2. The molecule has 1 saturated heterocycles. The maximum absolute atomic E-state index is 12.4. The normalized spacial score (nSPS) is 14.9. The van der Waals surface area contributed by atoms with Gasteiger partial charge in [-0.15, -0.1) is 0 Å². The molecule has 5 nitrogen and oxygen atoms in total. The lowest BCUT2D eigenvalue weighted by Gasteiger charge is -2.15. The Labute approximate surface area is 135 Å². The number of hydrogen-bond donors (Lipinski definition) is 0. The lowest BCUT2D eigenvalue weighted by molar-refractivity contribution is -0.133. The Bertz CT molecular complexity index is 707. The summed E-state index contributed by atoms with van der Waals surface area (Å²) in [5, 5.41) is 0.924. The first-order valence-electron chi connectivity index (χ1n) is 6.22. The Morgan fingerprint density at radius 3 is 1.23 bits per heavy atom. The smallest absolute Gasteiger partial charge is 0.262 e. The number of halogens is 2. The molecule has 0 spiro atoms. The minimum atomic E-state index is -0.915. The average molecular weight is 335 g/mol. The number of amides is 4. The maximum atomic E-state index is 12.4. The predicted octanol–water partition coefficient (Wildman–Crippen LogP) is 3.49. The van der Waals surface area contributed by atoms with Crippen molar-refractivity contribution in [2.45, 2.75) is 0 Å². The monoisotopic (exact) mass is 334 g/mol. The number of hydrogen-bond acceptors (Lipinski definition) is 3. The van der Waals surface area contributed by atoms with E-state index in [0.29, 0.717) is 10.0 Å². The first-order valence-corrected chi connectivity index (χ1v) is 6.98. The van der Waals surface area contributed by atoms with Gasteiger partial charge >= 0.3 is 17.8 Å². The topological polar surface area (TPSA) is 57.7 Å². The Hall–Kier alpha value is -2.37. The summed E-state index contributed by atoms with van der Waals surface area (Å²) >= 11 is 11.6. The van der Waals surface area contributed by atoms with Crippen LogP contribution in [0.3, 0.4) is 0 Å². The summed E-state index contributed by atoms with van der Waals surface area (Å²) in [6.45, 7) is 0. The Kier molecular flexibility index (Phi) is 3.60. The van der Waals surface area contributed by atoms with Crippen LogP contribution in [0.4, 0.5) is 16.2 Å². The SMILES string of the molecule is O=C1C(=O)N(c2ccc(Cl)cc2)C(=O)N1c1ccc(Cl)cc1. The zero-order chi connectivity index (χ0) is 15.9. The van der Waals surface area contributed by atoms with E-state index in [-0.39, 0.29) is 11.4 Å². The predicted molar refractivity (Wildman–Crippen MR) is 83.3 cm³/mol. The number of imide groups is 2. The maximum Gasteiger partial charge on any atom is 0.343 e. The lowest BCUT2D eigenvalue weighted by Crippen LogP contribution is -2.33. The zero-order valence-electron chi connectivity index (χ0n) is 11.0. The first kappa shape index (κ1) is 14.6. The standard InChI is InChI=1S/C15H8Cl2N2O3/c16-9-1-5-11(6-2-9)18-13(20)14(21)19(15(18)22)12-7-3-10(17)4-8-12/h1-8H. The van der Waals surface area contributed by atoms with Gasteiger partial charge in [0.15, 0.2) is 0 Å². The molecule has 0 saturated carbocycles. The van der Waals surface area contributed by atoms with E-state index < -0.39 is 17.8 Å². The lowest BCUT2D eigenvalue weighted by atomic mass is 10.3. The molecule has 0 N–H and O–H groups in total. The molecule has 3 rings (SSSR count). The van der Waals surface area contributed by atoms with Gasteiger partial charge in [0, 0.05) is 10.0 Å². The highest BCUT2D eigenvalue weighted by molar-refractivity contribution is 6.60. The van der Waals surface area contributed by atoms with Crippen LogP contribution in [0.5, 0.6) is 0 Å². The summed E-state index contributed by atoms with van der Waals surface area (Å²) in [5.74, 6) is -1.83. The van der Waals surface area contributed by atoms with Crippen molar-refractivity contribution >= 4 is 52.4 Å². The van der Waals surface area contributed by atoms with Crippen LogP contribution < -0.4 is 9.80 Å². The fraction of sp³-hybridized carbons (Fsp3) is 0. The molecule has 0 atom stereocenters. The van der Waals surface area contributed by atoms with Crippen molar-refractivity contribution < 1.29 is 14.4 Å². The van der Waals surface area contributed by atoms with Crippen molar-refractivity contribution in [1.82, 2.24) is 0 Å². The van der Waals surface area contributed by atoms with Crippen LogP contribution in [0.1, 0.15) is 0 Å². The van der Waals surface area contributed by atoms with Crippen LogP contribution in [0.25, 0.3) is 0 Å². The van der Waals surface area contributed by atoms with Crippen molar-refractivity contribution in [1.29, 1.82) is 0 Å². The van der Waals surface area contributed by atoms with Crippen molar-refractivity contribution in [2.75, 3.05) is 9.80 Å². The van der Waals surface area contributed by atoms with Crippen LogP contribution in [-0.2, 0) is 9.59 Å². The molecular formula is C15H8Cl2N2O3. The Balaban J connectivity index is 2.00. The van der Waals surface area contributed by atoms with E-state index in [1.165, 1.54) is 48.5 Å². The van der Waals surface area contributed by atoms with Crippen LogP contribution in [0, 0.1) is 0 Å². The zero-order valence-corrected chi connectivity index (χ0v) is 12.5. The van der Waals surface area contributed by atoms with E-state index in [9.17, 15) is 14.4 Å². The minimum absolute atomic E-state index is 0.282. The number of urea groups is 1. The first-order chi connectivity index (χ1) is 10.5. The third-order valence-electron chi connectivity index (χ3n) is 3.14. The number of carbonyl (C=O) groups is 3. The van der Waals surface area contributed by atoms with Gasteiger partial charge in [0.1, 0.15) is 0 Å². The van der Waals surface area contributed by atoms with E-state index >= 15 is 0 Å². The van der Waals surface area contributed by atoms with Gasteiger partial charge in [-0.1, -0.05) is 23.2 Å². The minimum Gasteiger partial charge on any atom is -0.262 e. The summed E-state index contributed by atoms with van der Waals surface area (Å²) in [6, 6.07) is 11.4. The quantitative estimate of drug-likeness (QED) is 0.623. The molecular weight excluding hydrogens is 327 g/mol. The second-order valence-corrected chi connectivity index (χ2v) is 5.39. The molecule has 2 aromatic rings. The Morgan fingerprint density at radius 1 is 0.591 bits per heavy atom. The highest BCUT2D eigenvalue weighted by atomic mass is 35.5. The van der Waals surface area contributed by atoms with Gasteiger partial charge in [0.2, 0.25) is 0 Å². The number of anilines is 2. The van der Waals surface area contributed by atoms with Crippen molar-refractivity contribution in [3.63, 3.8) is 0 Å². The molecule has 0 radical (unpaired) electrons. The van der Waals surface area contributed by atoms with Gasteiger partial charge in [-0.25, -0.2) is 14.6 Å². The van der Waals surface area contributed by atoms with Crippen LogP contribution in [0.2, 0.25) is 10.0 Å². The summed E-state index contributed by atoms with van der Waals surface area (Å²) in [6.07, 6.45) is 0. The second kappa shape index (κ2) is 5.44. The highest BCUT2D eigenvalue weighted by Crippen LogP contribution is 2.28. The van der Waals surface area contributed by atoms with Gasteiger partial charge in [-0.2, -0.15) is 0 Å². The Morgan fingerprint density at radius 2 is 0.909 bits per heavy atom. The van der Waals surface area contributed by atoms with Gasteiger partial charge < -0.3 is 0 Å². The summed E-state index contributed by atoms with van der Waals surface area (Å²) < 4.78 is 0. The van der Waals surface area contributed by atoms with Gasteiger partial charge in [0.05, 0.1) is 11.4 Å². The number of benzene rings is 2. The van der Waals surface area contributed by atoms with E-state index in [1.807, 2.05) is 0 Å². The molecule has 0 unspecified atom stereocenters. The van der Waals surface area contributed by atoms with Crippen LogP contribution >= 0.6 is 23.2 Å². The van der Waals surface area contributed by atoms with Gasteiger partial charge in [-0.3, -0.25) is 9.59 Å². The van der Waals surface area contributed by atoms with E-state index in [0.717, 1.165) is 9.80 Å². The molecule has 110 valence electrons. The van der Waals surface area contributed by atoms with Crippen molar-refractivity contribution in [3.05, 3.63) is 58.6 Å². The molecule has 2 aromatic carbocycles. The second-order valence-electron chi connectivity index (χ2n) is 4.52. The fourth-order valence-electron chi connectivity index (χ4n) is 2.10. The molecule has 1 heterocycles. The third-order valence-corrected chi connectivity index (χ3v) is 3.65. The molecule has 22 heavy (non-hydrogen) atoms. The molecule has 0 aromatic heterocycles. The fourth-order valence-corrected chi connectivity index (χ4v) is 2.35. The summed E-state index contributed by atoms with van der Waals surface area (Å²) in [7, 11) is 0. The molecule has 7 heteroatoms. The number of carbonyl (C=O) groups excluding carboxylic acids is 3. The third kappa shape index (κ3) is 2.34. The molecule has 0 bridgehead atoms. The number of nitrogens with zero attached hydrogens (tertiary/aromatic N) is 2. The highest BCUT2D eigenvalue weighted by Gasteiger charge is 2.46. The largest absolute Gasteiger partial charge is 0.343 e. The van der Waals surface area contributed by atoms with Gasteiger partial charge in [0.25, 0.3) is 0 Å². The van der Waals surface area contributed by atoms with E-state index in [2.05, 4.69) is 0 Å². The summed E-state index contributed by atoms with van der Waals surface area (Å²) in [5.41, 5.74) is 0.563. The molecule has 1 fully saturated rings. The summed E-state index contributed by atoms with van der Waals surface area (Å²) in [4.78, 5) is 38.3. The van der Waals surface area contributed by atoms with Crippen LogP contribution in [-0.4, -0.2) is 17.8 Å². The van der Waals surface area contributed by atoms with Crippen LogP contribution in [0.15, 0.2) is 48.5 Å². The molecule has 0 aliphatic carbocycles. The molecule has 1 aliphatic heterocycles. The average Bonchev–Trinajstić information content (AvgIpc) is 2.72. The van der Waals surface area contributed by atoms with Crippen molar-refractivity contribution in [3.8, 4) is 0 Å². The van der Waals surface area contributed by atoms with Gasteiger partial charge in [-0.05, 0) is 48.5 Å². The van der Waals surface area contributed by atoms with E-state index in [1.54, 1.807) is 0 Å². The van der Waals surface area contributed by atoms with E-state index in [4.69, 9.17) is 23.2 Å². The molecule has 1 aliphatic rings. The molecule has 4 amide bonds.